The van der Waals surface area contributed by atoms with Crippen LogP contribution in [0.4, 0.5) is 0 Å². The highest BCUT2D eigenvalue weighted by molar-refractivity contribution is 9.10. The Morgan fingerprint density at radius 3 is 2.70 bits per heavy atom. The molecule has 0 amide bonds. The molecule has 102 valence electrons. The molecule has 2 heterocycles. The second-order valence-corrected chi connectivity index (χ2v) is 5.69. The van der Waals surface area contributed by atoms with Crippen LogP contribution < -0.4 is 5.56 Å². The van der Waals surface area contributed by atoms with Crippen molar-refractivity contribution in [2.24, 2.45) is 7.05 Å². The minimum absolute atomic E-state index is 0.0696. The Morgan fingerprint density at radius 1 is 1.20 bits per heavy atom. The molecular weight excluding hydrogens is 367 g/mol. The van der Waals surface area contributed by atoms with Crippen LogP contribution in [0.3, 0.4) is 0 Å². The molecule has 1 aromatic carbocycles. The fourth-order valence-corrected chi connectivity index (χ4v) is 2.66. The quantitative estimate of drug-likeness (QED) is 0.658. The van der Waals surface area contributed by atoms with Gasteiger partial charge in [-0.2, -0.15) is 14.9 Å². The van der Waals surface area contributed by atoms with E-state index in [1.807, 2.05) is 25.4 Å². The van der Waals surface area contributed by atoms with Crippen LogP contribution in [0.25, 0.3) is 16.6 Å². The summed E-state index contributed by atoms with van der Waals surface area (Å²) in [6.45, 7) is 0. The summed E-state index contributed by atoms with van der Waals surface area (Å²) in [7, 11) is 1.83. The third-order valence-electron chi connectivity index (χ3n) is 2.79. The van der Waals surface area contributed by atoms with Gasteiger partial charge in [0.25, 0.3) is 5.56 Å². The van der Waals surface area contributed by atoms with Gasteiger partial charge in [0.15, 0.2) is 0 Å². The van der Waals surface area contributed by atoms with Crippen LogP contribution in [0.2, 0.25) is 10.0 Å². The van der Waals surface area contributed by atoms with Crippen molar-refractivity contribution in [3.8, 4) is 5.69 Å². The van der Waals surface area contributed by atoms with Crippen molar-refractivity contribution in [3.05, 3.63) is 49.4 Å². The number of aryl methyl sites for hydroxylation is 1. The third-order valence-corrected chi connectivity index (χ3v) is 4.39. The second kappa shape index (κ2) is 4.87. The number of aromatic nitrogens is 4. The molecule has 0 radical (unpaired) electrons. The molecule has 0 bridgehead atoms. The van der Waals surface area contributed by atoms with Gasteiger partial charge in [-0.15, -0.1) is 0 Å². The Kier molecular flexibility index (Phi) is 3.32. The largest absolute Gasteiger partial charge is 0.291 e. The van der Waals surface area contributed by atoms with Crippen molar-refractivity contribution in [1.82, 2.24) is 19.6 Å². The summed E-state index contributed by atoms with van der Waals surface area (Å²) in [4.78, 5) is 12.1. The number of rotatable bonds is 1. The van der Waals surface area contributed by atoms with Gasteiger partial charge in [-0.1, -0.05) is 23.2 Å². The van der Waals surface area contributed by atoms with E-state index in [0.717, 1.165) is 10.9 Å². The number of hydrogen-bond donors (Lipinski definition) is 0. The van der Waals surface area contributed by atoms with Crippen molar-refractivity contribution in [2.75, 3.05) is 0 Å². The summed E-state index contributed by atoms with van der Waals surface area (Å²) in [5.74, 6) is 0. The zero-order chi connectivity index (χ0) is 14.4. The molecule has 3 aromatic rings. The van der Waals surface area contributed by atoms with Crippen LogP contribution in [0.1, 0.15) is 0 Å². The van der Waals surface area contributed by atoms with Gasteiger partial charge in [-0.3, -0.25) is 9.48 Å². The number of fused-ring (bicyclic) bond motifs is 1. The monoisotopic (exact) mass is 372 g/mol. The van der Waals surface area contributed by atoms with E-state index in [1.54, 1.807) is 10.7 Å². The normalized spacial score (nSPS) is 11.2. The maximum absolute atomic E-state index is 12.1. The molecule has 3 rings (SSSR count). The molecule has 0 saturated heterocycles. The smallest absolute Gasteiger partial charge is 0.275 e. The third kappa shape index (κ3) is 2.13. The Balaban J connectivity index is 2.27. The van der Waals surface area contributed by atoms with E-state index < -0.39 is 5.56 Å². The molecular formula is C12H7BrCl2N4O. The van der Waals surface area contributed by atoms with E-state index in [9.17, 15) is 4.79 Å². The van der Waals surface area contributed by atoms with Crippen molar-refractivity contribution in [2.45, 2.75) is 0 Å². The molecule has 2 aromatic heterocycles. The molecule has 0 N–H and O–H groups in total. The van der Waals surface area contributed by atoms with Crippen LogP contribution in [0, 0.1) is 0 Å². The first kappa shape index (κ1) is 13.6. The molecule has 0 aliphatic heterocycles. The number of nitrogens with zero attached hydrogens (tertiary/aromatic N) is 4. The lowest BCUT2D eigenvalue weighted by molar-refractivity contribution is 0.780. The Hall–Kier alpha value is -1.37. The van der Waals surface area contributed by atoms with Gasteiger partial charge >= 0.3 is 0 Å². The van der Waals surface area contributed by atoms with E-state index in [0.29, 0.717) is 10.3 Å². The van der Waals surface area contributed by atoms with Gasteiger partial charge in [0, 0.05) is 18.6 Å². The van der Waals surface area contributed by atoms with Gasteiger partial charge in [0.2, 0.25) is 0 Å². The Bertz CT molecular complexity index is 887. The van der Waals surface area contributed by atoms with Crippen LogP contribution in [-0.4, -0.2) is 19.6 Å². The van der Waals surface area contributed by atoms with Crippen LogP contribution in [0.15, 0.2) is 33.8 Å². The molecule has 5 nitrogen and oxygen atoms in total. The minimum atomic E-state index is -0.469. The highest BCUT2D eigenvalue weighted by atomic mass is 79.9. The highest BCUT2D eigenvalue weighted by Gasteiger charge is 2.14. The van der Waals surface area contributed by atoms with Crippen LogP contribution >= 0.6 is 39.1 Å². The predicted molar refractivity (Wildman–Crippen MR) is 81.8 cm³/mol. The average molecular weight is 374 g/mol. The fraction of sp³-hybridized carbons (Fsp3) is 0.0833. The van der Waals surface area contributed by atoms with E-state index in [1.165, 1.54) is 4.68 Å². The van der Waals surface area contributed by atoms with Gasteiger partial charge in [0.1, 0.15) is 9.63 Å². The summed E-state index contributed by atoms with van der Waals surface area (Å²) >= 11 is 15.0. The molecule has 0 aliphatic carbocycles. The molecule has 0 spiro atoms. The lowest BCUT2D eigenvalue weighted by Crippen LogP contribution is -2.22. The lowest BCUT2D eigenvalue weighted by Gasteiger charge is -2.07. The van der Waals surface area contributed by atoms with E-state index in [-0.39, 0.29) is 10.0 Å². The first-order chi connectivity index (χ1) is 9.47. The SMILES string of the molecule is Cn1cc2cc(-n3nc(Br)c(Cl)c(Cl)c3=O)ccc2n1. The van der Waals surface area contributed by atoms with Crippen molar-refractivity contribution in [1.29, 1.82) is 0 Å². The first-order valence-corrected chi connectivity index (χ1v) is 7.10. The van der Waals surface area contributed by atoms with Gasteiger partial charge in [-0.05, 0) is 34.1 Å². The summed E-state index contributed by atoms with van der Waals surface area (Å²) in [6, 6.07) is 5.38. The van der Waals surface area contributed by atoms with Crippen LogP contribution in [-0.2, 0) is 7.05 Å². The van der Waals surface area contributed by atoms with Crippen LogP contribution in [0.5, 0.6) is 0 Å². The molecule has 0 atom stereocenters. The maximum atomic E-state index is 12.1. The van der Waals surface area contributed by atoms with E-state index in [2.05, 4.69) is 26.1 Å². The predicted octanol–water partition coefficient (Wildman–Crippen LogP) is 3.19. The highest BCUT2D eigenvalue weighted by Crippen LogP contribution is 2.26. The van der Waals surface area contributed by atoms with E-state index in [4.69, 9.17) is 23.2 Å². The summed E-state index contributed by atoms with van der Waals surface area (Å²) < 4.78 is 3.22. The van der Waals surface area contributed by atoms with Crippen molar-refractivity contribution in [3.63, 3.8) is 0 Å². The number of hydrogen-bond acceptors (Lipinski definition) is 3. The second-order valence-electron chi connectivity index (χ2n) is 4.18. The summed E-state index contributed by atoms with van der Waals surface area (Å²) in [5.41, 5.74) is 0.960. The Labute approximate surface area is 131 Å². The molecule has 8 heteroatoms. The number of halogens is 3. The standard InChI is InChI=1S/C12H7BrCl2N4O/c1-18-5-6-4-7(2-3-8(6)16-18)19-12(20)10(15)9(14)11(13)17-19/h2-5H,1H3. The van der Waals surface area contributed by atoms with E-state index >= 15 is 0 Å². The zero-order valence-corrected chi connectivity index (χ0v) is 13.2. The molecule has 0 fully saturated rings. The minimum Gasteiger partial charge on any atom is -0.275 e. The Morgan fingerprint density at radius 2 is 1.95 bits per heavy atom. The summed E-state index contributed by atoms with van der Waals surface area (Å²) in [5, 5.41) is 9.31. The topological polar surface area (TPSA) is 52.7 Å². The maximum Gasteiger partial charge on any atom is 0.291 e. The lowest BCUT2D eigenvalue weighted by atomic mass is 10.2. The van der Waals surface area contributed by atoms with Gasteiger partial charge in [0.05, 0.1) is 16.2 Å². The zero-order valence-electron chi connectivity index (χ0n) is 10.1. The molecule has 0 aliphatic rings. The molecule has 20 heavy (non-hydrogen) atoms. The fourth-order valence-electron chi connectivity index (χ4n) is 1.90. The summed E-state index contributed by atoms with van der Waals surface area (Å²) in [6.07, 6.45) is 1.86. The van der Waals surface area contributed by atoms with Crippen molar-refractivity contribution >= 4 is 50.0 Å². The van der Waals surface area contributed by atoms with Gasteiger partial charge < -0.3 is 0 Å². The average Bonchev–Trinajstić information content (AvgIpc) is 2.79. The van der Waals surface area contributed by atoms with Crippen molar-refractivity contribution < 1.29 is 0 Å². The molecule has 0 saturated carbocycles. The van der Waals surface area contributed by atoms with Gasteiger partial charge in [-0.25, -0.2) is 0 Å². The first-order valence-electron chi connectivity index (χ1n) is 5.55. The molecule has 0 unspecified atom stereocenters. The number of benzene rings is 1.